The Morgan fingerprint density at radius 2 is 0.724 bits per heavy atom. The molecule has 0 aromatic heterocycles. The minimum Gasteiger partial charge on any atom is -0.477 e. The zero-order valence-electron chi connectivity index (χ0n) is 62.5. The molecular weight excluding hydrogens is 1590 g/mol. The number of carbonyl (C=O) groups is 7. The van der Waals surface area contributed by atoms with Crippen molar-refractivity contribution in [3.63, 3.8) is 0 Å². The molecule has 5 amide bonds. The van der Waals surface area contributed by atoms with Gasteiger partial charge in [-0.05, 0) is 0 Å². The van der Waals surface area contributed by atoms with Crippen LogP contribution in [0.15, 0.2) is 0 Å². The second-order valence-corrected chi connectivity index (χ2v) is 28.7. The molecule has 7 heterocycles. The summed E-state index contributed by atoms with van der Waals surface area (Å²) in [5.74, 6) is -15.5. The van der Waals surface area contributed by atoms with Crippen LogP contribution in [0.5, 0.6) is 0 Å². The Morgan fingerprint density at radius 1 is 0.388 bits per heavy atom. The SMILES string of the molecule is CC(=O)N[C@H]1[C@H](OC[C@@H](O)[C@H](O)[C@H](O[C@@H]2O[C@H](CO)[C@H](O)[C@H](O[C@@H]3O[C@H](CO)[C@@H](O[C@@H]4O[C@H](CO)[C@H](O)[C@H](O[C@]5(C(=O)O)C[C@H](O)[C@@H](NC(C)=O)[C@H]([C@H](O)[C@H](O)CO)O5)[C@H]4O)[C@H](O)[C@H]3NC(C)=O)[C@H]2O)[C@H](CO)NC(C)=O)O[C@H](CO)[C@@H](O[C@@H]2O[C@H](CO)[C@H](O)[C@H](O[C@]3(C(=O)O)C[C@H](O)[C@@H](NC(C)=O)[C@H]([C@H](O)[C@H](O)CO)O3)[C@H]2O)[C@@H]1O. The molecular formula is C64H107N5O47. The zero-order chi connectivity index (χ0) is 86.8. The third-order valence-corrected chi connectivity index (χ3v) is 20.2. The van der Waals surface area contributed by atoms with E-state index in [1.165, 1.54) is 0 Å². The van der Waals surface area contributed by atoms with Crippen molar-refractivity contribution in [3.05, 3.63) is 0 Å². The molecule has 52 heteroatoms. The van der Waals surface area contributed by atoms with Gasteiger partial charge in [0.1, 0.15) is 177 Å². The lowest BCUT2D eigenvalue weighted by atomic mass is 9.88. The number of aliphatic carboxylic acids is 2. The van der Waals surface area contributed by atoms with Crippen LogP contribution in [-0.4, -0.2) is 484 Å². The topological polar surface area (TPSA) is 835 Å². The second-order valence-electron chi connectivity index (χ2n) is 28.7. The molecule has 7 rings (SSSR count). The largest absolute Gasteiger partial charge is 0.477 e. The van der Waals surface area contributed by atoms with E-state index in [1.54, 1.807) is 0 Å². The number of carbonyl (C=O) groups excluding carboxylic acids is 5. The minimum absolute atomic E-state index is 0.863. The van der Waals surface area contributed by atoms with Gasteiger partial charge in [0.05, 0.1) is 89.8 Å². The Bertz CT molecular complexity index is 3190. The van der Waals surface area contributed by atoms with Crippen LogP contribution in [0, 0.1) is 0 Å². The van der Waals surface area contributed by atoms with E-state index in [9.17, 15) is 166 Å². The van der Waals surface area contributed by atoms with Gasteiger partial charge in [-0.2, -0.15) is 0 Å². The van der Waals surface area contributed by atoms with Crippen LogP contribution in [0.4, 0.5) is 0 Å². The number of nitrogens with one attached hydrogen (secondary N) is 5. The average molecular weight is 1700 g/mol. The first kappa shape index (κ1) is 97.9. The second kappa shape index (κ2) is 42.5. The molecule has 7 saturated heterocycles. The van der Waals surface area contributed by atoms with Gasteiger partial charge in [0, 0.05) is 47.5 Å². The number of aliphatic hydroxyl groups excluding tert-OH is 24. The van der Waals surface area contributed by atoms with Crippen molar-refractivity contribution in [1.29, 1.82) is 0 Å². The van der Waals surface area contributed by atoms with Crippen LogP contribution < -0.4 is 26.6 Å². The highest BCUT2D eigenvalue weighted by Gasteiger charge is 2.64. The molecule has 52 nitrogen and oxygen atoms in total. The summed E-state index contributed by atoms with van der Waals surface area (Å²) in [7, 11) is 0. The highest BCUT2D eigenvalue weighted by atomic mass is 16.8. The molecule has 7 aliphatic heterocycles. The summed E-state index contributed by atoms with van der Waals surface area (Å²) in [6.45, 7) is -6.22. The number of carboxylic acid groups (broad SMARTS) is 2. The Balaban J connectivity index is 1.09. The van der Waals surface area contributed by atoms with Gasteiger partial charge in [0.15, 0.2) is 31.5 Å². The van der Waals surface area contributed by atoms with Crippen LogP contribution in [-0.2, 0) is 99.9 Å². The fraction of sp³-hybridized carbons (Fsp3) is 0.891. The Morgan fingerprint density at radius 3 is 1.08 bits per heavy atom. The first-order chi connectivity index (χ1) is 54.5. The highest BCUT2D eigenvalue weighted by Crippen LogP contribution is 2.42. The Hall–Kier alpha value is -5.23. The standard InChI is InChI=1S/C64H107N5O47/c1-17(78)65-22(8-70)48(39(90)27(87)16-103-56-35(68-20(4)81)43(94)49(31(14-76)107-56)110-59-46(97)54(41(92)29(12-74)105-59)115-63(61(99)100)6-23(83)33(66-18(2)79)51(113-63)37(88)25(85)9-71)109-58-45(96)53(40(91)28(11-73)104-58)112-57-36(69-21(5)82)44(95)50(32(15-77)108-57)111-60-47(98)55(42(93)30(13-75)106-60)116-64(62(101)102)7-24(84)34(67-19(3)80)52(114-64)38(89)26(86)10-72/h22-60,70-77,83-98H,6-16H2,1-5H3,(H,65,78)(H,66,79)(H,67,80)(H,68,81)(H,69,82)(H,99,100)(H,101,102)/t22-,23-,24-,25+,26+,27+,28+,29+,30+,31+,32+,33+,34+,35+,36+,37+,38+,39-,40-,41-,42-,43+,44+,45+,46+,47+,48+,49+,50+,51+,52+,53-,54-,55-,56+,57-,58-,59-,60-,63-,64-/m0/s1. The quantitative estimate of drug-likeness (QED) is 0.0275. The summed E-state index contributed by atoms with van der Waals surface area (Å²) in [6, 6.07) is -9.28. The van der Waals surface area contributed by atoms with Crippen molar-refractivity contribution in [2.45, 2.75) is 298 Å². The number of hydrogen-bond acceptors (Lipinski definition) is 45. The third-order valence-electron chi connectivity index (χ3n) is 20.2. The van der Waals surface area contributed by atoms with Crippen molar-refractivity contribution < 1.29 is 233 Å². The molecule has 0 aromatic rings. The molecule has 0 radical (unpaired) electrons. The molecule has 670 valence electrons. The first-order valence-electron chi connectivity index (χ1n) is 36.3. The lowest BCUT2D eigenvalue weighted by Gasteiger charge is -2.51. The molecule has 31 N–H and O–H groups in total. The summed E-state index contributed by atoms with van der Waals surface area (Å²) in [4.78, 5) is 89.0. The smallest absolute Gasteiger partial charge is 0.364 e. The van der Waals surface area contributed by atoms with Crippen LogP contribution in [0.1, 0.15) is 47.5 Å². The van der Waals surface area contributed by atoms with Gasteiger partial charge in [-0.25, -0.2) is 9.59 Å². The summed E-state index contributed by atoms with van der Waals surface area (Å²) in [5, 5.41) is 298. The van der Waals surface area contributed by atoms with Crippen molar-refractivity contribution in [2.75, 3.05) is 59.5 Å². The predicted molar refractivity (Wildman–Crippen MR) is 359 cm³/mol. The lowest BCUT2D eigenvalue weighted by Crippen LogP contribution is -2.71. The van der Waals surface area contributed by atoms with Crippen LogP contribution in [0.2, 0.25) is 0 Å². The number of rotatable bonds is 37. The lowest BCUT2D eigenvalue weighted by molar-refractivity contribution is -0.388. The molecule has 7 aliphatic rings. The van der Waals surface area contributed by atoms with E-state index in [0.29, 0.717) is 0 Å². The maximum absolute atomic E-state index is 13.2. The van der Waals surface area contributed by atoms with E-state index >= 15 is 0 Å². The average Bonchev–Trinajstić information content (AvgIpc) is 0.757. The van der Waals surface area contributed by atoms with E-state index in [1.807, 2.05) is 0 Å². The van der Waals surface area contributed by atoms with E-state index in [4.69, 9.17) is 66.3 Å². The van der Waals surface area contributed by atoms with Gasteiger partial charge >= 0.3 is 11.9 Å². The first-order valence-corrected chi connectivity index (χ1v) is 36.3. The van der Waals surface area contributed by atoms with Crippen LogP contribution in [0.3, 0.4) is 0 Å². The van der Waals surface area contributed by atoms with Crippen LogP contribution in [0.25, 0.3) is 0 Å². The summed E-state index contributed by atoms with van der Waals surface area (Å²) in [6.07, 6.45) is -77.8. The number of hydrogen-bond donors (Lipinski definition) is 31. The van der Waals surface area contributed by atoms with Gasteiger partial charge in [0.25, 0.3) is 11.6 Å². The number of aliphatic hydroxyl groups is 24. The van der Waals surface area contributed by atoms with E-state index in [2.05, 4.69) is 26.6 Å². The molecule has 0 spiro atoms. The van der Waals surface area contributed by atoms with Gasteiger partial charge in [-0.1, -0.05) is 0 Å². The summed E-state index contributed by atoms with van der Waals surface area (Å²) >= 11 is 0. The molecule has 7 fully saturated rings. The summed E-state index contributed by atoms with van der Waals surface area (Å²) < 4.78 is 80.8. The fourth-order valence-electron chi connectivity index (χ4n) is 14.4. The number of amides is 5. The molecule has 0 saturated carbocycles. The minimum atomic E-state index is -3.28. The van der Waals surface area contributed by atoms with Crippen LogP contribution >= 0.6 is 0 Å². The zero-order valence-corrected chi connectivity index (χ0v) is 62.5. The monoisotopic (exact) mass is 1700 g/mol. The molecule has 0 aromatic carbocycles. The molecule has 116 heavy (non-hydrogen) atoms. The van der Waals surface area contributed by atoms with Crippen molar-refractivity contribution >= 4 is 41.5 Å². The molecule has 41 atom stereocenters. The van der Waals surface area contributed by atoms with Crippen molar-refractivity contribution in [1.82, 2.24) is 26.6 Å². The van der Waals surface area contributed by atoms with Crippen molar-refractivity contribution in [3.8, 4) is 0 Å². The molecule has 0 aliphatic carbocycles. The van der Waals surface area contributed by atoms with E-state index in [-0.39, 0.29) is 0 Å². The number of carboxylic acids is 2. The van der Waals surface area contributed by atoms with E-state index in [0.717, 1.165) is 34.6 Å². The van der Waals surface area contributed by atoms with Gasteiger partial charge in [-0.15, -0.1) is 0 Å². The van der Waals surface area contributed by atoms with Gasteiger partial charge in [0.2, 0.25) is 29.5 Å². The maximum Gasteiger partial charge on any atom is 0.364 e. The summed E-state index contributed by atoms with van der Waals surface area (Å²) in [5.41, 5.74) is 0. The molecule has 0 bridgehead atoms. The normalized spacial score (nSPS) is 41.8. The third kappa shape index (κ3) is 22.3. The maximum atomic E-state index is 13.2. The van der Waals surface area contributed by atoms with Gasteiger partial charge < -0.3 is 226 Å². The fourth-order valence-corrected chi connectivity index (χ4v) is 14.4. The number of ether oxygens (including phenoxy) is 14. The van der Waals surface area contributed by atoms with Gasteiger partial charge in [-0.3, -0.25) is 24.0 Å². The molecule has 0 unspecified atom stereocenters. The highest BCUT2D eigenvalue weighted by molar-refractivity contribution is 5.78. The van der Waals surface area contributed by atoms with Crippen molar-refractivity contribution in [2.24, 2.45) is 0 Å². The Labute approximate surface area is 656 Å². The Kier molecular flexibility index (Phi) is 35.9. The van der Waals surface area contributed by atoms with E-state index < -0.39 is 364 Å². The predicted octanol–water partition coefficient (Wildman–Crippen LogP) is -19.7.